The highest BCUT2D eigenvalue weighted by Gasteiger charge is 2.39. The van der Waals surface area contributed by atoms with Gasteiger partial charge in [-0.2, -0.15) is 0 Å². The van der Waals surface area contributed by atoms with E-state index < -0.39 is 11.7 Å². The second kappa shape index (κ2) is 6.96. The Balaban J connectivity index is 1.72. The number of fused-ring (bicyclic) bond motifs is 1. The molecule has 0 spiro atoms. The third-order valence-corrected chi connectivity index (χ3v) is 5.27. The van der Waals surface area contributed by atoms with Gasteiger partial charge in [-0.15, -0.1) is 0 Å². The summed E-state index contributed by atoms with van der Waals surface area (Å²) in [6, 6.07) is 5.72. The molecule has 6 nitrogen and oxygen atoms in total. The molecule has 1 saturated heterocycles. The summed E-state index contributed by atoms with van der Waals surface area (Å²) in [6.07, 6.45) is 1.49. The van der Waals surface area contributed by atoms with E-state index >= 15 is 0 Å². The largest absolute Gasteiger partial charge is 0.469 e. The van der Waals surface area contributed by atoms with E-state index in [9.17, 15) is 14.4 Å². The number of ether oxygens (including phenoxy) is 1. The van der Waals surface area contributed by atoms with E-state index in [-0.39, 0.29) is 11.9 Å². The summed E-state index contributed by atoms with van der Waals surface area (Å²) < 4.78 is 4.81. The summed E-state index contributed by atoms with van der Waals surface area (Å²) in [5, 5.41) is 0. The Morgan fingerprint density at radius 1 is 1.28 bits per heavy atom. The van der Waals surface area contributed by atoms with Crippen LogP contribution in [0.4, 0.5) is 5.69 Å². The maximum Gasteiger partial charge on any atom is 0.309 e. The first-order valence-corrected chi connectivity index (χ1v) is 8.84. The first kappa shape index (κ1) is 17.6. The van der Waals surface area contributed by atoms with Crippen molar-refractivity contribution in [3.05, 3.63) is 29.3 Å². The Morgan fingerprint density at radius 2 is 1.96 bits per heavy atom. The summed E-state index contributed by atoms with van der Waals surface area (Å²) in [6.45, 7) is 6.17. The summed E-state index contributed by atoms with van der Waals surface area (Å²) in [7, 11) is 1.42. The fraction of sp³-hybridized carbons (Fsp3) is 0.526. The van der Waals surface area contributed by atoms with Gasteiger partial charge in [0.1, 0.15) is 0 Å². The number of carbonyl (C=O) groups excluding carboxylic acids is 3. The molecular weight excluding hydrogens is 320 g/mol. The number of carbonyl (C=O) groups is 3. The zero-order valence-electron chi connectivity index (χ0n) is 15.0. The summed E-state index contributed by atoms with van der Waals surface area (Å²) in [5.41, 5.74) is 2.29. The van der Waals surface area contributed by atoms with Crippen molar-refractivity contribution < 1.29 is 24.0 Å². The number of rotatable bonds is 4. The number of anilines is 1. The number of quaternary nitrogens is 1. The Bertz CT molecular complexity index is 705. The number of hydrogen-bond acceptors (Lipinski definition) is 4. The van der Waals surface area contributed by atoms with Gasteiger partial charge in [0, 0.05) is 12.8 Å². The number of hydrogen-bond donors (Lipinski definition) is 1. The summed E-state index contributed by atoms with van der Waals surface area (Å²) >= 11 is 0. The number of Topliss-reactive ketones (excluding diaryl/α,β-unsaturated/α-hetero) is 1. The first-order valence-electron chi connectivity index (χ1n) is 8.84. The number of amides is 1. The minimum atomic E-state index is -0.446. The van der Waals surface area contributed by atoms with Gasteiger partial charge >= 0.3 is 11.9 Å². The van der Waals surface area contributed by atoms with Crippen LogP contribution in [0.1, 0.15) is 48.5 Å². The molecule has 0 aliphatic carbocycles. The fourth-order valence-electron chi connectivity index (χ4n) is 3.64. The lowest BCUT2D eigenvalue weighted by Gasteiger charge is -2.30. The molecule has 0 saturated carbocycles. The lowest BCUT2D eigenvalue weighted by Crippen LogP contribution is -3.14. The van der Waals surface area contributed by atoms with Gasteiger partial charge in [0.2, 0.25) is 0 Å². The number of methoxy groups -OCH3 is 1. The molecule has 1 N–H and O–H groups in total. The van der Waals surface area contributed by atoms with Crippen molar-refractivity contribution >= 4 is 23.3 Å². The van der Waals surface area contributed by atoms with Gasteiger partial charge in [-0.05, 0) is 23.6 Å². The van der Waals surface area contributed by atoms with Crippen LogP contribution in [0.2, 0.25) is 0 Å². The third kappa shape index (κ3) is 3.31. The maximum absolute atomic E-state index is 12.4. The van der Waals surface area contributed by atoms with Gasteiger partial charge in [-0.1, -0.05) is 19.9 Å². The molecule has 0 bridgehead atoms. The highest BCUT2D eigenvalue weighted by Crippen LogP contribution is 2.31. The van der Waals surface area contributed by atoms with Gasteiger partial charge in [0.15, 0.2) is 6.67 Å². The van der Waals surface area contributed by atoms with E-state index in [0.29, 0.717) is 23.8 Å². The fourth-order valence-corrected chi connectivity index (χ4v) is 3.64. The van der Waals surface area contributed by atoms with Crippen molar-refractivity contribution in [1.82, 2.24) is 0 Å². The van der Waals surface area contributed by atoms with Crippen molar-refractivity contribution in [3.63, 3.8) is 0 Å². The summed E-state index contributed by atoms with van der Waals surface area (Å²) in [4.78, 5) is 39.2. The van der Waals surface area contributed by atoms with Crippen LogP contribution in [0, 0.1) is 5.92 Å². The molecule has 6 heteroatoms. The number of piperidine rings is 1. The SMILES string of the molecule is COC(=O)C1CC[NH+](CN2C(=O)C(=O)c3cc(C(C)C)ccc32)CC1. The van der Waals surface area contributed by atoms with Crippen LogP contribution in [-0.4, -0.2) is 44.5 Å². The molecule has 0 aromatic heterocycles. The monoisotopic (exact) mass is 345 g/mol. The molecule has 134 valence electrons. The highest BCUT2D eigenvalue weighted by atomic mass is 16.5. The van der Waals surface area contributed by atoms with Crippen LogP contribution in [0.5, 0.6) is 0 Å². The number of nitrogens with one attached hydrogen (secondary N) is 1. The van der Waals surface area contributed by atoms with Crippen molar-refractivity contribution in [2.24, 2.45) is 5.92 Å². The van der Waals surface area contributed by atoms with Crippen LogP contribution in [0.15, 0.2) is 18.2 Å². The van der Waals surface area contributed by atoms with Crippen LogP contribution < -0.4 is 9.80 Å². The van der Waals surface area contributed by atoms with Crippen molar-refractivity contribution in [2.75, 3.05) is 31.8 Å². The molecule has 25 heavy (non-hydrogen) atoms. The van der Waals surface area contributed by atoms with Gasteiger partial charge in [-0.25, -0.2) is 0 Å². The van der Waals surface area contributed by atoms with Crippen molar-refractivity contribution in [1.29, 1.82) is 0 Å². The predicted molar refractivity (Wildman–Crippen MR) is 92.7 cm³/mol. The molecule has 0 radical (unpaired) electrons. The second-order valence-corrected chi connectivity index (χ2v) is 7.20. The van der Waals surface area contributed by atoms with E-state index in [1.807, 2.05) is 18.2 Å². The molecule has 1 fully saturated rings. The van der Waals surface area contributed by atoms with E-state index in [4.69, 9.17) is 4.74 Å². The Kier molecular flexibility index (Phi) is 4.90. The van der Waals surface area contributed by atoms with E-state index in [1.54, 1.807) is 4.90 Å². The smallest absolute Gasteiger partial charge is 0.309 e. The van der Waals surface area contributed by atoms with Crippen LogP contribution in [-0.2, 0) is 14.3 Å². The molecule has 0 atom stereocenters. The standard InChI is InChI=1S/C19H24N2O4/c1-12(2)14-4-5-16-15(10-14)17(22)18(23)21(16)11-20-8-6-13(7-9-20)19(24)25-3/h4-5,10,12-13H,6-9,11H2,1-3H3/p+1. The molecule has 0 unspecified atom stereocenters. The Morgan fingerprint density at radius 3 is 2.56 bits per heavy atom. The lowest BCUT2D eigenvalue weighted by molar-refractivity contribution is -0.904. The average molecular weight is 345 g/mol. The summed E-state index contributed by atoms with van der Waals surface area (Å²) in [5.74, 6) is -0.756. The molecule has 1 amide bonds. The van der Waals surface area contributed by atoms with Crippen LogP contribution in [0.25, 0.3) is 0 Å². The molecule has 2 heterocycles. The molecule has 1 aromatic carbocycles. The highest BCUT2D eigenvalue weighted by molar-refractivity contribution is 6.52. The zero-order chi connectivity index (χ0) is 18.1. The van der Waals surface area contributed by atoms with E-state index in [1.165, 1.54) is 12.0 Å². The maximum atomic E-state index is 12.4. The molecule has 3 rings (SSSR count). The van der Waals surface area contributed by atoms with Gasteiger partial charge in [0.05, 0.1) is 37.4 Å². The normalized spacial score (nSPS) is 23.1. The number of benzene rings is 1. The number of ketones is 1. The molecular formula is C19H25N2O4+. The molecule has 2 aliphatic rings. The van der Waals surface area contributed by atoms with Crippen LogP contribution in [0.3, 0.4) is 0 Å². The minimum Gasteiger partial charge on any atom is -0.469 e. The Hall–Kier alpha value is -2.21. The number of nitrogens with zero attached hydrogens (tertiary/aromatic N) is 1. The predicted octanol–water partition coefficient (Wildman–Crippen LogP) is 0.765. The lowest BCUT2D eigenvalue weighted by atomic mass is 9.97. The molecule has 1 aromatic rings. The topological polar surface area (TPSA) is 68.1 Å². The molecule has 2 aliphatic heterocycles. The van der Waals surface area contributed by atoms with Crippen molar-refractivity contribution in [2.45, 2.75) is 32.6 Å². The zero-order valence-corrected chi connectivity index (χ0v) is 15.0. The van der Waals surface area contributed by atoms with E-state index in [2.05, 4.69) is 13.8 Å². The van der Waals surface area contributed by atoms with Crippen molar-refractivity contribution in [3.8, 4) is 0 Å². The van der Waals surface area contributed by atoms with Gasteiger partial charge in [0.25, 0.3) is 5.78 Å². The number of likely N-dealkylation sites (tertiary alicyclic amines) is 1. The second-order valence-electron chi connectivity index (χ2n) is 7.20. The number of esters is 1. The quantitative estimate of drug-likeness (QED) is 0.646. The third-order valence-electron chi connectivity index (χ3n) is 5.27. The van der Waals surface area contributed by atoms with E-state index in [0.717, 1.165) is 31.5 Å². The Labute approximate surface area is 147 Å². The van der Waals surface area contributed by atoms with Gasteiger partial charge < -0.3 is 9.64 Å². The minimum absolute atomic E-state index is 0.0504. The average Bonchev–Trinajstić information content (AvgIpc) is 2.86. The first-order chi connectivity index (χ1) is 11.9. The van der Waals surface area contributed by atoms with Gasteiger partial charge in [-0.3, -0.25) is 19.3 Å². The van der Waals surface area contributed by atoms with Crippen LogP contribution >= 0.6 is 0 Å².